The fourth-order valence-electron chi connectivity index (χ4n) is 1.53. The Hall–Kier alpha value is -0.350. The van der Waals surface area contributed by atoms with Gasteiger partial charge in [0.05, 0.1) is 10.4 Å². The lowest BCUT2D eigenvalue weighted by molar-refractivity contribution is 0.915. The zero-order valence-corrected chi connectivity index (χ0v) is 11.9. The summed E-state index contributed by atoms with van der Waals surface area (Å²) >= 11 is 9.41. The van der Waals surface area contributed by atoms with Crippen LogP contribution >= 0.6 is 34.3 Å². The third-order valence-corrected chi connectivity index (χ3v) is 5.55. The Balaban J connectivity index is 2.34. The van der Waals surface area contributed by atoms with Crippen LogP contribution < -0.4 is 5.73 Å². The Morgan fingerprint density at radius 2 is 1.62 bits per heavy atom. The predicted molar refractivity (Wildman–Crippen MR) is 73.9 cm³/mol. The summed E-state index contributed by atoms with van der Waals surface area (Å²) in [4.78, 5) is 3.70. The lowest BCUT2D eigenvalue weighted by atomic mass is 10.1. The second-order valence-electron chi connectivity index (χ2n) is 3.97. The van der Waals surface area contributed by atoms with Crippen LogP contribution in [0.5, 0.6) is 0 Å². The Bertz CT molecular complexity index is 428. The van der Waals surface area contributed by atoms with Gasteiger partial charge < -0.3 is 5.73 Å². The molecule has 2 aromatic heterocycles. The van der Waals surface area contributed by atoms with Crippen molar-refractivity contribution in [2.24, 2.45) is 5.73 Å². The zero-order chi connectivity index (χ0) is 11.9. The smallest absolute Gasteiger partial charge is 0.0961 e. The molecular formula is C12H14ClNS2. The first-order chi connectivity index (χ1) is 7.49. The van der Waals surface area contributed by atoms with Crippen LogP contribution in [0.1, 0.15) is 31.8 Å². The highest BCUT2D eigenvalue weighted by molar-refractivity contribution is 7.17. The van der Waals surface area contributed by atoms with E-state index < -0.39 is 0 Å². The van der Waals surface area contributed by atoms with E-state index in [1.807, 2.05) is 6.92 Å². The maximum absolute atomic E-state index is 6.24. The molecule has 1 atom stereocenters. The summed E-state index contributed by atoms with van der Waals surface area (Å²) in [6, 6.07) is 4.23. The summed E-state index contributed by atoms with van der Waals surface area (Å²) in [5.41, 5.74) is 8.67. The van der Waals surface area contributed by atoms with E-state index in [0.717, 1.165) is 14.8 Å². The second-order valence-corrected chi connectivity index (χ2v) is 6.94. The molecule has 0 aliphatic carbocycles. The summed E-state index contributed by atoms with van der Waals surface area (Å²) in [5, 5.41) is 0. The average Bonchev–Trinajstić information content (AvgIpc) is 2.72. The van der Waals surface area contributed by atoms with Gasteiger partial charge in [-0.3, -0.25) is 0 Å². The van der Waals surface area contributed by atoms with E-state index in [1.165, 1.54) is 15.3 Å². The molecule has 0 aliphatic heterocycles. The highest BCUT2D eigenvalue weighted by atomic mass is 35.5. The number of hydrogen-bond donors (Lipinski definition) is 1. The van der Waals surface area contributed by atoms with Gasteiger partial charge in [0.15, 0.2) is 0 Å². The normalized spacial score (nSPS) is 13.1. The highest BCUT2D eigenvalue weighted by Gasteiger charge is 2.15. The van der Waals surface area contributed by atoms with Gasteiger partial charge in [0.25, 0.3) is 0 Å². The quantitative estimate of drug-likeness (QED) is 0.859. The molecule has 0 bridgehead atoms. The van der Waals surface area contributed by atoms with E-state index in [-0.39, 0.29) is 6.04 Å². The molecule has 2 aromatic rings. The third kappa shape index (κ3) is 2.18. The molecule has 0 saturated carbocycles. The van der Waals surface area contributed by atoms with Crippen molar-refractivity contribution in [1.82, 2.24) is 0 Å². The van der Waals surface area contributed by atoms with Crippen molar-refractivity contribution in [1.29, 1.82) is 0 Å². The van der Waals surface area contributed by atoms with Gasteiger partial charge in [-0.25, -0.2) is 0 Å². The topological polar surface area (TPSA) is 26.0 Å². The summed E-state index contributed by atoms with van der Waals surface area (Å²) in [6.07, 6.45) is 0. The van der Waals surface area contributed by atoms with E-state index in [1.54, 1.807) is 22.7 Å². The van der Waals surface area contributed by atoms with Crippen molar-refractivity contribution in [2.75, 3.05) is 0 Å². The van der Waals surface area contributed by atoms with Gasteiger partial charge in [-0.15, -0.1) is 22.7 Å². The lowest BCUT2D eigenvalue weighted by Crippen LogP contribution is -2.08. The fraction of sp³-hybridized carbons (Fsp3) is 0.333. The minimum absolute atomic E-state index is 0.0337. The lowest BCUT2D eigenvalue weighted by Gasteiger charge is -2.05. The zero-order valence-electron chi connectivity index (χ0n) is 9.50. The van der Waals surface area contributed by atoms with E-state index in [4.69, 9.17) is 17.3 Å². The first-order valence-electron chi connectivity index (χ1n) is 5.07. The predicted octanol–water partition coefficient (Wildman–Crippen LogP) is 4.44. The Morgan fingerprint density at radius 3 is 2.06 bits per heavy atom. The van der Waals surface area contributed by atoms with Gasteiger partial charge >= 0.3 is 0 Å². The number of aryl methyl sites for hydroxylation is 3. The van der Waals surface area contributed by atoms with Crippen LogP contribution in [-0.4, -0.2) is 0 Å². The van der Waals surface area contributed by atoms with Crippen LogP contribution in [0.3, 0.4) is 0 Å². The first kappa shape index (κ1) is 12.1. The minimum atomic E-state index is -0.0337. The van der Waals surface area contributed by atoms with Crippen LogP contribution in [0, 0.1) is 20.8 Å². The summed E-state index contributed by atoms with van der Waals surface area (Å²) in [7, 11) is 0. The van der Waals surface area contributed by atoms with Crippen molar-refractivity contribution in [3.8, 4) is 0 Å². The molecule has 0 saturated heterocycles. The molecule has 2 N–H and O–H groups in total. The van der Waals surface area contributed by atoms with Crippen molar-refractivity contribution in [2.45, 2.75) is 26.8 Å². The minimum Gasteiger partial charge on any atom is -0.319 e. The van der Waals surface area contributed by atoms with Gasteiger partial charge in [0.1, 0.15) is 0 Å². The molecule has 0 fully saturated rings. The van der Waals surface area contributed by atoms with Gasteiger partial charge in [-0.2, -0.15) is 0 Å². The van der Waals surface area contributed by atoms with Gasteiger partial charge in [-0.1, -0.05) is 11.6 Å². The molecule has 16 heavy (non-hydrogen) atoms. The standard InChI is InChI=1S/C12H14ClNS2/c1-6-4-9(15-8(6)3)11(14)10-5-7(2)12(13)16-10/h4-5,11H,14H2,1-3H3. The average molecular weight is 272 g/mol. The summed E-state index contributed by atoms with van der Waals surface area (Å²) in [6.45, 7) is 6.26. The van der Waals surface area contributed by atoms with E-state index in [2.05, 4.69) is 26.0 Å². The molecule has 0 spiro atoms. The van der Waals surface area contributed by atoms with Crippen molar-refractivity contribution >= 4 is 34.3 Å². The van der Waals surface area contributed by atoms with Gasteiger partial charge in [-0.05, 0) is 44.0 Å². The molecule has 1 unspecified atom stereocenters. The first-order valence-corrected chi connectivity index (χ1v) is 7.08. The molecule has 0 amide bonds. The highest BCUT2D eigenvalue weighted by Crippen LogP contribution is 2.35. The Labute approximate surface area is 109 Å². The number of nitrogens with two attached hydrogens (primary N) is 1. The molecule has 2 rings (SSSR count). The summed E-state index contributed by atoms with van der Waals surface area (Å²) < 4.78 is 0.843. The number of rotatable bonds is 2. The van der Waals surface area contributed by atoms with E-state index >= 15 is 0 Å². The molecule has 2 heterocycles. The van der Waals surface area contributed by atoms with Crippen LogP contribution in [0.15, 0.2) is 12.1 Å². The van der Waals surface area contributed by atoms with E-state index in [9.17, 15) is 0 Å². The summed E-state index contributed by atoms with van der Waals surface area (Å²) in [5.74, 6) is 0. The van der Waals surface area contributed by atoms with E-state index in [0.29, 0.717) is 0 Å². The van der Waals surface area contributed by atoms with Crippen molar-refractivity contribution in [3.05, 3.63) is 42.2 Å². The number of thiophene rings is 2. The van der Waals surface area contributed by atoms with Crippen LogP contribution in [-0.2, 0) is 0 Å². The maximum atomic E-state index is 6.24. The molecule has 0 aromatic carbocycles. The second kappa shape index (κ2) is 4.49. The van der Waals surface area contributed by atoms with Crippen LogP contribution in [0.4, 0.5) is 0 Å². The molecule has 4 heteroatoms. The molecular weight excluding hydrogens is 258 g/mol. The third-order valence-electron chi connectivity index (χ3n) is 2.67. The maximum Gasteiger partial charge on any atom is 0.0961 e. The largest absolute Gasteiger partial charge is 0.319 e. The fourth-order valence-corrected chi connectivity index (χ4v) is 3.91. The van der Waals surface area contributed by atoms with Crippen molar-refractivity contribution < 1.29 is 0 Å². The molecule has 1 nitrogen and oxygen atoms in total. The van der Waals surface area contributed by atoms with Crippen molar-refractivity contribution in [3.63, 3.8) is 0 Å². The SMILES string of the molecule is Cc1cc(C(N)c2cc(C)c(Cl)s2)sc1C. The number of halogens is 1. The Kier molecular flexibility index (Phi) is 3.40. The van der Waals surface area contributed by atoms with Crippen LogP contribution in [0.2, 0.25) is 4.34 Å². The molecule has 86 valence electrons. The monoisotopic (exact) mass is 271 g/mol. The molecule has 0 radical (unpaired) electrons. The van der Waals surface area contributed by atoms with Gasteiger partial charge in [0, 0.05) is 14.6 Å². The molecule has 0 aliphatic rings. The van der Waals surface area contributed by atoms with Crippen LogP contribution in [0.25, 0.3) is 0 Å². The number of hydrogen-bond acceptors (Lipinski definition) is 3. The Morgan fingerprint density at radius 1 is 1.06 bits per heavy atom. The van der Waals surface area contributed by atoms with Gasteiger partial charge in [0.2, 0.25) is 0 Å².